The van der Waals surface area contributed by atoms with Crippen LogP contribution in [0, 0.1) is 5.92 Å². The molecule has 5 nitrogen and oxygen atoms in total. The molecule has 1 saturated heterocycles. The average molecular weight is 370 g/mol. The number of benzene rings is 2. The molecule has 0 bridgehead atoms. The fourth-order valence-electron chi connectivity index (χ4n) is 3.66. The maximum Gasteiger partial charge on any atom is 0.243 e. The fourth-order valence-corrected chi connectivity index (χ4v) is 3.85. The van der Waals surface area contributed by atoms with Gasteiger partial charge in [-0.25, -0.2) is 0 Å². The zero-order valence-electron chi connectivity index (χ0n) is 14.3. The van der Waals surface area contributed by atoms with Crippen molar-refractivity contribution >= 4 is 34.8 Å². The van der Waals surface area contributed by atoms with Gasteiger partial charge in [-0.1, -0.05) is 23.7 Å². The molecular weight excluding hydrogens is 350 g/mol. The Labute approximate surface area is 157 Å². The van der Waals surface area contributed by atoms with Crippen LogP contribution in [0.1, 0.15) is 24.0 Å². The summed E-state index contributed by atoms with van der Waals surface area (Å²) in [6.45, 7) is 0.403. The monoisotopic (exact) mass is 369 g/mol. The predicted octanol–water partition coefficient (Wildman–Crippen LogP) is 3.32. The first-order valence-electron chi connectivity index (χ1n) is 8.84. The molecule has 4 rings (SSSR count). The zero-order valence-corrected chi connectivity index (χ0v) is 15.1. The minimum atomic E-state index is -0.373. The van der Waals surface area contributed by atoms with Gasteiger partial charge in [-0.05, 0) is 60.7 Å². The molecule has 2 aliphatic rings. The number of carbonyl (C=O) groups excluding carboxylic acids is 2. The number of nitrogens with zero attached hydrogens (tertiary/aromatic N) is 1. The highest BCUT2D eigenvalue weighted by molar-refractivity contribution is 6.30. The molecule has 0 spiro atoms. The highest BCUT2D eigenvalue weighted by atomic mass is 35.5. The summed E-state index contributed by atoms with van der Waals surface area (Å²) in [5.41, 5.74) is 9.82. The van der Waals surface area contributed by atoms with Crippen LogP contribution in [0.3, 0.4) is 0 Å². The smallest absolute Gasteiger partial charge is 0.243 e. The Morgan fingerprint density at radius 2 is 1.96 bits per heavy atom. The molecule has 1 heterocycles. The standard InChI is InChI=1S/C20H20ClN3O2/c21-16-5-2-6-17(11-16)22-23-20(26)15-10-19(25)24(12-15)18-8-7-13-3-1-4-14(13)9-18/h2,5-9,11,15,22H,1,3-4,10,12H2,(H,23,26). The molecule has 1 unspecified atom stereocenters. The summed E-state index contributed by atoms with van der Waals surface area (Å²) in [4.78, 5) is 26.6. The SMILES string of the molecule is O=C(NNc1cccc(Cl)c1)C1CC(=O)N(c2ccc3c(c2)CCC3)C1. The van der Waals surface area contributed by atoms with Gasteiger partial charge in [0.2, 0.25) is 11.8 Å². The molecule has 1 aliphatic heterocycles. The van der Waals surface area contributed by atoms with Crippen molar-refractivity contribution in [1.29, 1.82) is 0 Å². The molecule has 2 aromatic carbocycles. The second-order valence-corrected chi connectivity index (χ2v) is 7.27. The van der Waals surface area contributed by atoms with E-state index in [0.717, 1.165) is 18.5 Å². The van der Waals surface area contributed by atoms with Crippen molar-refractivity contribution in [1.82, 2.24) is 5.43 Å². The van der Waals surface area contributed by atoms with E-state index in [0.29, 0.717) is 17.3 Å². The molecule has 2 amide bonds. The first-order valence-corrected chi connectivity index (χ1v) is 9.21. The summed E-state index contributed by atoms with van der Waals surface area (Å²) in [7, 11) is 0. The first-order chi connectivity index (χ1) is 12.6. The zero-order chi connectivity index (χ0) is 18.1. The molecule has 0 aromatic heterocycles. The molecule has 1 aliphatic carbocycles. The van der Waals surface area contributed by atoms with E-state index in [9.17, 15) is 9.59 Å². The maximum absolute atomic E-state index is 12.4. The summed E-state index contributed by atoms with van der Waals surface area (Å²) in [6, 6.07) is 13.3. The van der Waals surface area contributed by atoms with Crippen molar-refractivity contribution in [3.8, 4) is 0 Å². The van der Waals surface area contributed by atoms with Crippen LogP contribution in [-0.4, -0.2) is 18.4 Å². The van der Waals surface area contributed by atoms with E-state index in [-0.39, 0.29) is 24.2 Å². The number of hydrazine groups is 1. The molecule has 1 fully saturated rings. The number of nitrogens with one attached hydrogen (secondary N) is 2. The maximum atomic E-state index is 12.4. The van der Waals surface area contributed by atoms with Gasteiger partial charge in [0.25, 0.3) is 0 Å². The van der Waals surface area contributed by atoms with Gasteiger partial charge < -0.3 is 4.90 Å². The van der Waals surface area contributed by atoms with Gasteiger partial charge in [-0.2, -0.15) is 0 Å². The third-order valence-corrected chi connectivity index (χ3v) is 5.28. The van der Waals surface area contributed by atoms with Crippen molar-refractivity contribution in [2.75, 3.05) is 16.9 Å². The van der Waals surface area contributed by atoms with E-state index in [4.69, 9.17) is 11.6 Å². The Hall–Kier alpha value is -2.53. The number of carbonyl (C=O) groups is 2. The lowest BCUT2D eigenvalue weighted by atomic mass is 10.1. The molecule has 134 valence electrons. The van der Waals surface area contributed by atoms with Crippen LogP contribution in [0.4, 0.5) is 11.4 Å². The van der Waals surface area contributed by atoms with E-state index in [1.54, 1.807) is 23.1 Å². The van der Waals surface area contributed by atoms with Crippen molar-refractivity contribution < 1.29 is 9.59 Å². The van der Waals surface area contributed by atoms with Gasteiger partial charge in [0.05, 0.1) is 11.6 Å². The lowest BCUT2D eigenvalue weighted by molar-refractivity contribution is -0.125. The van der Waals surface area contributed by atoms with E-state index in [1.165, 1.54) is 17.5 Å². The largest absolute Gasteiger partial charge is 0.312 e. The average Bonchev–Trinajstić information content (AvgIpc) is 3.25. The Kier molecular flexibility index (Phi) is 4.55. The van der Waals surface area contributed by atoms with Crippen LogP contribution in [0.25, 0.3) is 0 Å². The number of hydrogen-bond acceptors (Lipinski definition) is 3. The molecule has 1 atom stereocenters. The predicted molar refractivity (Wildman–Crippen MR) is 102 cm³/mol. The van der Waals surface area contributed by atoms with Crippen LogP contribution in [0.15, 0.2) is 42.5 Å². The van der Waals surface area contributed by atoms with E-state index in [2.05, 4.69) is 23.0 Å². The van der Waals surface area contributed by atoms with E-state index >= 15 is 0 Å². The van der Waals surface area contributed by atoms with Crippen LogP contribution in [-0.2, 0) is 22.4 Å². The summed E-state index contributed by atoms with van der Waals surface area (Å²) in [5.74, 6) is -0.574. The fraction of sp³-hybridized carbons (Fsp3) is 0.300. The van der Waals surface area contributed by atoms with Crippen molar-refractivity contribution in [2.45, 2.75) is 25.7 Å². The van der Waals surface area contributed by atoms with E-state index in [1.807, 2.05) is 12.1 Å². The lowest BCUT2D eigenvalue weighted by Crippen LogP contribution is -2.36. The van der Waals surface area contributed by atoms with Crippen LogP contribution in [0.2, 0.25) is 5.02 Å². The number of amides is 2. The van der Waals surface area contributed by atoms with Gasteiger partial charge in [-0.3, -0.25) is 20.4 Å². The summed E-state index contributed by atoms with van der Waals surface area (Å²) in [5, 5.41) is 0.586. The highest BCUT2D eigenvalue weighted by Gasteiger charge is 2.35. The first kappa shape index (κ1) is 16.9. The third-order valence-electron chi connectivity index (χ3n) is 5.04. The van der Waals surface area contributed by atoms with E-state index < -0.39 is 0 Å². The van der Waals surface area contributed by atoms with Crippen molar-refractivity contribution in [3.63, 3.8) is 0 Å². The quantitative estimate of drug-likeness (QED) is 0.813. The lowest BCUT2D eigenvalue weighted by Gasteiger charge is -2.18. The number of rotatable bonds is 4. The van der Waals surface area contributed by atoms with Crippen LogP contribution < -0.4 is 15.8 Å². The van der Waals surface area contributed by atoms with Gasteiger partial charge in [0.1, 0.15) is 0 Å². The molecule has 0 saturated carbocycles. The number of fused-ring (bicyclic) bond motifs is 1. The Bertz CT molecular complexity index is 868. The number of aryl methyl sites for hydroxylation is 2. The van der Waals surface area contributed by atoms with Gasteiger partial charge >= 0.3 is 0 Å². The van der Waals surface area contributed by atoms with Crippen LogP contribution >= 0.6 is 11.6 Å². The Morgan fingerprint density at radius 3 is 2.81 bits per heavy atom. The summed E-state index contributed by atoms with van der Waals surface area (Å²) >= 11 is 5.93. The Morgan fingerprint density at radius 1 is 1.12 bits per heavy atom. The minimum Gasteiger partial charge on any atom is -0.312 e. The van der Waals surface area contributed by atoms with Crippen molar-refractivity contribution in [2.24, 2.45) is 5.92 Å². The molecular formula is C20H20ClN3O2. The Balaban J connectivity index is 1.40. The molecule has 2 aromatic rings. The summed E-state index contributed by atoms with van der Waals surface area (Å²) < 4.78 is 0. The van der Waals surface area contributed by atoms with Gasteiger partial charge in [0.15, 0.2) is 0 Å². The molecule has 2 N–H and O–H groups in total. The van der Waals surface area contributed by atoms with Gasteiger partial charge in [-0.15, -0.1) is 0 Å². The normalized spacial score (nSPS) is 18.7. The topological polar surface area (TPSA) is 61.4 Å². The molecule has 6 heteroatoms. The second kappa shape index (κ2) is 7.00. The number of hydrogen-bond donors (Lipinski definition) is 2. The highest BCUT2D eigenvalue weighted by Crippen LogP contribution is 2.30. The van der Waals surface area contributed by atoms with Gasteiger partial charge in [0, 0.05) is 23.7 Å². The minimum absolute atomic E-state index is 0.00847. The molecule has 0 radical (unpaired) electrons. The number of halogens is 1. The number of anilines is 2. The second-order valence-electron chi connectivity index (χ2n) is 6.84. The third kappa shape index (κ3) is 3.40. The van der Waals surface area contributed by atoms with Crippen molar-refractivity contribution in [3.05, 3.63) is 58.6 Å². The van der Waals surface area contributed by atoms with Crippen LogP contribution in [0.5, 0.6) is 0 Å². The summed E-state index contributed by atoms with van der Waals surface area (Å²) in [6.07, 6.45) is 3.58. The molecule has 26 heavy (non-hydrogen) atoms.